The molecule has 1 N–H and O–H groups in total. The Hall–Kier alpha value is -1.16. The Kier molecular flexibility index (Phi) is 3.63. The number of benzene rings is 1. The summed E-state index contributed by atoms with van der Waals surface area (Å²) in [5, 5.41) is 2.64. The van der Waals surface area contributed by atoms with Crippen molar-refractivity contribution in [1.29, 1.82) is 0 Å². The number of hydrogen-bond acceptors (Lipinski definition) is 2. The maximum Gasteiger partial charge on any atom is 0.221 e. The predicted molar refractivity (Wildman–Crippen MR) is 63.2 cm³/mol. The predicted octanol–water partition coefficient (Wildman–Crippen LogP) is 2.92. The van der Waals surface area contributed by atoms with E-state index >= 15 is 0 Å². The fourth-order valence-electron chi connectivity index (χ4n) is 1.27. The fraction of sp³-hybridized carbons (Fsp3) is 0.273. The largest absolute Gasteiger partial charge is 0.326 e. The maximum atomic E-state index is 11.3. The van der Waals surface area contributed by atoms with Gasteiger partial charge in [0.05, 0.1) is 5.69 Å². The van der Waals surface area contributed by atoms with Crippen molar-refractivity contribution < 1.29 is 9.59 Å². The molecule has 0 saturated carbocycles. The SMILES string of the molecule is CC(=O)Nc1cc(C)c(Br)cc1C(C)=O. The molecule has 0 aliphatic heterocycles. The van der Waals surface area contributed by atoms with Gasteiger partial charge in [-0.25, -0.2) is 0 Å². The van der Waals surface area contributed by atoms with Crippen LogP contribution in [-0.2, 0) is 4.79 Å². The molecule has 0 atom stereocenters. The minimum atomic E-state index is -0.181. The van der Waals surface area contributed by atoms with Gasteiger partial charge in [0.2, 0.25) is 5.91 Å². The molecular weight excluding hydrogens is 258 g/mol. The van der Waals surface area contributed by atoms with Crippen molar-refractivity contribution in [3.05, 3.63) is 27.7 Å². The third kappa shape index (κ3) is 2.89. The summed E-state index contributed by atoms with van der Waals surface area (Å²) in [4.78, 5) is 22.3. The molecule has 1 amide bonds. The van der Waals surface area contributed by atoms with Gasteiger partial charge < -0.3 is 5.32 Å². The van der Waals surface area contributed by atoms with Gasteiger partial charge in [-0.15, -0.1) is 0 Å². The average Bonchev–Trinajstić information content (AvgIpc) is 2.09. The number of carbonyl (C=O) groups excluding carboxylic acids is 2. The van der Waals surface area contributed by atoms with E-state index in [4.69, 9.17) is 0 Å². The lowest BCUT2D eigenvalue weighted by molar-refractivity contribution is -0.114. The van der Waals surface area contributed by atoms with E-state index in [1.165, 1.54) is 13.8 Å². The van der Waals surface area contributed by atoms with Crippen molar-refractivity contribution in [3.63, 3.8) is 0 Å². The molecule has 0 aromatic heterocycles. The zero-order valence-corrected chi connectivity index (χ0v) is 10.4. The summed E-state index contributed by atoms with van der Waals surface area (Å²) in [7, 11) is 0. The lowest BCUT2D eigenvalue weighted by atomic mass is 10.1. The van der Waals surface area contributed by atoms with Gasteiger partial charge in [0, 0.05) is 17.0 Å². The Labute approximate surface area is 97.0 Å². The summed E-state index contributed by atoms with van der Waals surface area (Å²) >= 11 is 3.35. The first kappa shape index (κ1) is 11.9. The number of aryl methyl sites for hydroxylation is 1. The number of anilines is 1. The van der Waals surface area contributed by atoms with E-state index in [9.17, 15) is 9.59 Å². The van der Waals surface area contributed by atoms with Crippen molar-refractivity contribution in [2.24, 2.45) is 0 Å². The first-order valence-corrected chi connectivity index (χ1v) is 5.29. The molecule has 1 aromatic rings. The van der Waals surface area contributed by atoms with Gasteiger partial charge >= 0.3 is 0 Å². The van der Waals surface area contributed by atoms with Crippen molar-refractivity contribution >= 4 is 33.3 Å². The van der Waals surface area contributed by atoms with Gasteiger partial charge in [-0.1, -0.05) is 15.9 Å². The van der Waals surface area contributed by atoms with Crippen LogP contribution in [0.15, 0.2) is 16.6 Å². The van der Waals surface area contributed by atoms with Gasteiger partial charge in [0.15, 0.2) is 5.78 Å². The van der Waals surface area contributed by atoms with E-state index in [-0.39, 0.29) is 11.7 Å². The Bertz CT molecular complexity index is 427. The number of Topliss-reactive ketones (excluding diaryl/α,β-unsaturated/α-hetero) is 1. The quantitative estimate of drug-likeness (QED) is 0.840. The van der Waals surface area contributed by atoms with E-state index in [1.54, 1.807) is 12.1 Å². The number of amides is 1. The zero-order chi connectivity index (χ0) is 11.6. The normalized spacial score (nSPS) is 9.87. The third-order valence-corrected chi connectivity index (χ3v) is 2.84. The van der Waals surface area contributed by atoms with E-state index in [0.29, 0.717) is 11.3 Å². The van der Waals surface area contributed by atoms with Gasteiger partial charge in [0.25, 0.3) is 0 Å². The average molecular weight is 270 g/mol. The molecule has 80 valence electrons. The van der Waals surface area contributed by atoms with E-state index < -0.39 is 0 Å². The van der Waals surface area contributed by atoms with Crippen molar-refractivity contribution in [3.8, 4) is 0 Å². The second-order valence-electron chi connectivity index (χ2n) is 3.38. The van der Waals surface area contributed by atoms with Crippen LogP contribution >= 0.6 is 15.9 Å². The summed E-state index contributed by atoms with van der Waals surface area (Å²) in [6.07, 6.45) is 0. The highest BCUT2D eigenvalue weighted by Gasteiger charge is 2.10. The highest BCUT2D eigenvalue weighted by Crippen LogP contribution is 2.25. The molecular formula is C11H12BrNO2. The van der Waals surface area contributed by atoms with Gasteiger partial charge in [-0.3, -0.25) is 9.59 Å². The van der Waals surface area contributed by atoms with Crippen molar-refractivity contribution in [1.82, 2.24) is 0 Å². The number of ketones is 1. The number of hydrogen-bond donors (Lipinski definition) is 1. The Balaban J connectivity index is 3.28. The molecule has 15 heavy (non-hydrogen) atoms. The fourth-order valence-corrected chi connectivity index (χ4v) is 1.61. The summed E-state index contributed by atoms with van der Waals surface area (Å²) < 4.78 is 0.863. The number of halogens is 1. The standard InChI is InChI=1S/C11H12BrNO2/c1-6-4-11(13-8(3)15)9(7(2)14)5-10(6)12/h4-5H,1-3H3,(H,13,15). The Morgan fingerprint density at radius 1 is 1.27 bits per heavy atom. The van der Waals surface area contributed by atoms with Crippen LogP contribution in [0, 0.1) is 6.92 Å². The van der Waals surface area contributed by atoms with E-state index in [2.05, 4.69) is 21.2 Å². The van der Waals surface area contributed by atoms with Crippen LogP contribution < -0.4 is 5.32 Å². The third-order valence-electron chi connectivity index (χ3n) is 1.99. The highest BCUT2D eigenvalue weighted by atomic mass is 79.9. The molecule has 1 aromatic carbocycles. The molecule has 0 saturated heterocycles. The zero-order valence-electron chi connectivity index (χ0n) is 8.85. The highest BCUT2D eigenvalue weighted by molar-refractivity contribution is 9.10. The number of rotatable bonds is 2. The Morgan fingerprint density at radius 3 is 2.33 bits per heavy atom. The molecule has 0 aliphatic rings. The summed E-state index contributed by atoms with van der Waals surface area (Å²) in [6.45, 7) is 4.79. The second kappa shape index (κ2) is 4.57. The van der Waals surface area contributed by atoms with Gasteiger partial charge in [-0.2, -0.15) is 0 Å². The number of nitrogens with one attached hydrogen (secondary N) is 1. The van der Waals surface area contributed by atoms with Crippen LogP contribution in [0.5, 0.6) is 0 Å². The topological polar surface area (TPSA) is 46.2 Å². The van der Waals surface area contributed by atoms with Crippen LogP contribution in [0.1, 0.15) is 29.8 Å². The molecule has 3 nitrogen and oxygen atoms in total. The minimum Gasteiger partial charge on any atom is -0.326 e. The smallest absolute Gasteiger partial charge is 0.221 e. The summed E-state index contributed by atoms with van der Waals surface area (Å²) in [5.41, 5.74) is 2.06. The molecule has 0 heterocycles. The lowest BCUT2D eigenvalue weighted by Crippen LogP contribution is -2.10. The van der Waals surface area contributed by atoms with E-state index in [1.807, 2.05) is 6.92 Å². The maximum absolute atomic E-state index is 11.3. The van der Waals surface area contributed by atoms with E-state index in [0.717, 1.165) is 10.0 Å². The molecule has 4 heteroatoms. The summed E-state index contributed by atoms with van der Waals surface area (Å²) in [6, 6.07) is 3.51. The van der Waals surface area contributed by atoms with Crippen LogP contribution in [0.25, 0.3) is 0 Å². The lowest BCUT2D eigenvalue weighted by Gasteiger charge is -2.10. The van der Waals surface area contributed by atoms with Crippen molar-refractivity contribution in [2.45, 2.75) is 20.8 Å². The monoisotopic (exact) mass is 269 g/mol. The first-order chi connectivity index (χ1) is 6.91. The second-order valence-corrected chi connectivity index (χ2v) is 4.24. The van der Waals surface area contributed by atoms with Crippen LogP contribution in [0.3, 0.4) is 0 Å². The number of carbonyl (C=O) groups is 2. The van der Waals surface area contributed by atoms with Crippen LogP contribution in [0.4, 0.5) is 5.69 Å². The van der Waals surface area contributed by atoms with Gasteiger partial charge in [-0.05, 0) is 31.5 Å². The minimum absolute atomic E-state index is 0.0700. The molecule has 0 fully saturated rings. The molecule has 0 bridgehead atoms. The molecule has 1 rings (SSSR count). The molecule has 0 unspecified atom stereocenters. The molecule has 0 aliphatic carbocycles. The van der Waals surface area contributed by atoms with Crippen LogP contribution in [0.2, 0.25) is 0 Å². The van der Waals surface area contributed by atoms with Gasteiger partial charge in [0.1, 0.15) is 0 Å². The van der Waals surface area contributed by atoms with Crippen LogP contribution in [-0.4, -0.2) is 11.7 Å². The molecule has 0 radical (unpaired) electrons. The summed E-state index contributed by atoms with van der Waals surface area (Å²) in [5.74, 6) is -0.251. The molecule has 0 spiro atoms. The van der Waals surface area contributed by atoms with Crippen molar-refractivity contribution in [2.75, 3.05) is 5.32 Å². The Morgan fingerprint density at radius 2 is 1.87 bits per heavy atom. The first-order valence-electron chi connectivity index (χ1n) is 4.50.